The fourth-order valence-electron chi connectivity index (χ4n) is 5.59. The topological polar surface area (TPSA) is 108 Å². The summed E-state index contributed by atoms with van der Waals surface area (Å²) in [6.45, 7) is 0.876. The predicted molar refractivity (Wildman–Crippen MR) is 185 cm³/mol. The minimum atomic E-state index is -0.817. The molecule has 242 valence electrons. The lowest BCUT2D eigenvalue weighted by atomic mass is 10.00. The van der Waals surface area contributed by atoms with Gasteiger partial charge in [0.25, 0.3) is 5.91 Å². The molecule has 46 heavy (non-hydrogen) atoms. The number of hydrogen-bond donors (Lipinski definition) is 4. The second kappa shape index (κ2) is 19.0. The Bertz CT molecular complexity index is 1450. The quantitative estimate of drug-likeness (QED) is 0.259. The lowest BCUT2D eigenvalue weighted by molar-refractivity contribution is -0.126. The molecule has 3 aromatic rings. The summed E-state index contributed by atoms with van der Waals surface area (Å²) in [4.78, 5) is 40.2. The number of carbonyl (C=O) groups is 3. The molecule has 0 bridgehead atoms. The van der Waals surface area contributed by atoms with Crippen molar-refractivity contribution >= 4 is 28.9 Å². The van der Waals surface area contributed by atoms with E-state index in [-0.39, 0.29) is 29.9 Å². The average molecular weight is 622 g/mol. The van der Waals surface area contributed by atoms with Gasteiger partial charge < -0.3 is 21.1 Å². The van der Waals surface area contributed by atoms with Crippen LogP contribution in [0.1, 0.15) is 80.9 Å². The summed E-state index contributed by atoms with van der Waals surface area (Å²) in [5, 5.41) is 18.9. The Kier molecular flexibility index (Phi) is 14.1. The van der Waals surface area contributed by atoms with Crippen molar-refractivity contribution in [2.45, 2.75) is 76.7 Å². The molecule has 0 saturated carbocycles. The maximum atomic E-state index is 14.0. The average Bonchev–Trinajstić information content (AvgIpc) is 3.07. The van der Waals surface area contributed by atoms with Crippen molar-refractivity contribution in [1.29, 1.82) is 0 Å². The van der Waals surface area contributed by atoms with Crippen LogP contribution in [0.4, 0.5) is 0 Å². The van der Waals surface area contributed by atoms with Gasteiger partial charge in [0.15, 0.2) is 0 Å². The molecule has 4 N–H and O–H groups in total. The Labute approximate surface area is 273 Å². The van der Waals surface area contributed by atoms with Crippen LogP contribution in [0.5, 0.6) is 5.75 Å². The number of carbonyl (C=O) groups excluding carboxylic acids is 3. The molecule has 0 saturated heterocycles. The SMILES string of the molecule is O=C1CCCCCCCCCCCNC(=O)[C@H](Cc2ccc(O)cc2)NC(=O)/C(c2ccccc2)=C\C=C(\c2ccccc2)CN1. The van der Waals surface area contributed by atoms with Crippen LogP contribution < -0.4 is 16.0 Å². The molecule has 1 atom stereocenters. The largest absolute Gasteiger partial charge is 0.508 e. The Morgan fingerprint density at radius 1 is 0.630 bits per heavy atom. The molecule has 0 spiro atoms. The van der Waals surface area contributed by atoms with Gasteiger partial charge in [-0.15, -0.1) is 0 Å². The van der Waals surface area contributed by atoms with Crippen molar-refractivity contribution in [2.24, 2.45) is 0 Å². The Morgan fingerprint density at radius 3 is 1.87 bits per heavy atom. The molecule has 1 aliphatic rings. The third-order valence-electron chi connectivity index (χ3n) is 8.28. The molecule has 3 amide bonds. The van der Waals surface area contributed by atoms with E-state index >= 15 is 0 Å². The third kappa shape index (κ3) is 11.7. The number of phenols is 1. The van der Waals surface area contributed by atoms with E-state index in [2.05, 4.69) is 16.0 Å². The first-order chi connectivity index (χ1) is 22.5. The summed E-state index contributed by atoms with van der Waals surface area (Å²) < 4.78 is 0. The van der Waals surface area contributed by atoms with Crippen LogP contribution in [-0.4, -0.2) is 42.0 Å². The van der Waals surface area contributed by atoms with E-state index in [0.717, 1.165) is 61.6 Å². The van der Waals surface area contributed by atoms with E-state index in [1.807, 2.05) is 66.7 Å². The van der Waals surface area contributed by atoms with Crippen LogP contribution in [0.3, 0.4) is 0 Å². The van der Waals surface area contributed by atoms with Crippen LogP contribution in [0.15, 0.2) is 97.1 Å². The van der Waals surface area contributed by atoms with Gasteiger partial charge in [0.1, 0.15) is 11.8 Å². The second-order valence-corrected chi connectivity index (χ2v) is 11.9. The minimum absolute atomic E-state index is 0.0216. The number of nitrogens with one attached hydrogen (secondary N) is 3. The Morgan fingerprint density at radius 2 is 1.22 bits per heavy atom. The molecule has 7 heteroatoms. The van der Waals surface area contributed by atoms with Gasteiger partial charge in [0.2, 0.25) is 11.8 Å². The first-order valence-corrected chi connectivity index (χ1v) is 16.6. The van der Waals surface area contributed by atoms with Gasteiger partial charge in [-0.25, -0.2) is 0 Å². The van der Waals surface area contributed by atoms with E-state index in [9.17, 15) is 19.5 Å². The van der Waals surface area contributed by atoms with Crippen LogP contribution in [-0.2, 0) is 20.8 Å². The van der Waals surface area contributed by atoms with Crippen molar-refractivity contribution in [3.05, 3.63) is 114 Å². The highest BCUT2D eigenvalue weighted by Crippen LogP contribution is 2.20. The van der Waals surface area contributed by atoms with Crippen LogP contribution in [0, 0.1) is 0 Å². The number of hydrogen-bond acceptors (Lipinski definition) is 4. The summed E-state index contributed by atoms with van der Waals surface area (Å²) >= 11 is 0. The van der Waals surface area contributed by atoms with Gasteiger partial charge in [-0.05, 0) is 53.3 Å². The zero-order chi connectivity index (χ0) is 32.4. The zero-order valence-corrected chi connectivity index (χ0v) is 26.7. The highest BCUT2D eigenvalue weighted by atomic mass is 16.3. The Hall–Kier alpha value is -4.65. The molecule has 0 aliphatic carbocycles. The maximum absolute atomic E-state index is 14.0. The van der Waals surface area contributed by atoms with Crippen molar-refractivity contribution in [1.82, 2.24) is 16.0 Å². The summed E-state index contributed by atoms with van der Waals surface area (Å²) in [7, 11) is 0. The summed E-state index contributed by atoms with van der Waals surface area (Å²) in [5.74, 6) is -0.457. The van der Waals surface area contributed by atoms with Crippen LogP contribution in [0.2, 0.25) is 0 Å². The highest BCUT2D eigenvalue weighted by Gasteiger charge is 2.23. The van der Waals surface area contributed by atoms with Gasteiger partial charge in [0.05, 0.1) is 0 Å². The molecule has 0 aromatic heterocycles. The number of rotatable bonds is 4. The van der Waals surface area contributed by atoms with E-state index in [0.29, 0.717) is 30.6 Å². The molecule has 1 heterocycles. The summed E-state index contributed by atoms with van der Waals surface area (Å²) in [6, 6.07) is 25.0. The van der Waals surface area contributed by atoms with E-state index in [4.69, 9.17) is 0 Å². The van der Waals surface area contributed by atoms with Crippen LogP contribution >= 0.6 is 0 Å². The number of aromatic hydroxyl groups is 1. The van der Waals surface area contributed by atoms with Gasteiger partial charge in [0, 0.05) is 31.5 Å². The van der Waals surface area contributed by atoms with Gasteiger partial charge in [-0.3, -0.25) is 14.4 Å². The first kappa shape index (κ1) is 34.2. The van der Waals surface area contributed by atoms with E-state index < -0.39 is 6.04 Å². The van der Waals surface area contributed by atoms with Crippen molar-refractivity contribution in [3.63, 3.8) is 0 Å². The fourth-order valence-corrected chi connectivity index (χ4v) is 5.59. The van der Waals surface area contributed by atoms with Crippen molar-refractivity contribution in [3.8, 4) is 5.75 Å². The normalized spacial score (nSPS) is 21.0. The number of amides is 3. The molecule has 4 rings (SSSR count). The van der Waals surface area contributed by atoms with Crippen molar-refractivity contribution < 1.29 is 19.5 Å². The standard InChI is InChI=1S/C39H47N3O4/c43-34-24-21-30(22-25-34)28-36-39(46)40-27-15-7-5-3-1-2-4-6-14-20-37(44)41-29-33(31-16-10-8-11-17-31)23-26-35(38(45)42-36)32-18-12-9-13-19-32/h8-13,16-19,21-26,36,43H,1-7,14-15,20,27-29H2,(H,40,46)(H,41,44)(H,42,45)/b33-23+,35-26-/t36-/m0/s1. The zero-order valence-electron chi connectivity index (χ0n) is 26.7. The predicted octanol–water partition coefficient (Wildman–Crippen LogP) is 6.73. The maximum Gasteiger partial charge on any atom is 0.252 e. The third-order valence-corrected chi connectivity index (χ3v) is 8.28. The molecule has 7 nitrogen and oxygen atoms in total. The van der Waals surface area contributed by atoms with Crippen molar-refractivity contribution in [2.75, 3.05) is 13.1 Å². The van der Waals surface area contributed by atoms with Crippen LogP contribution in [0.25, 0.3) is 11.1 Å². The first-order valence-electron chi connectivity index (χ1n) is 16.6. The fraction of sp³-hybridized carbons (Fsp3) is 0.359. The van der Waals surface area contributed by atoms with E-state index in [1.165, 1.54) is 12.8 Å². The molecular weight excluding hydrogens is 574 g/mol. The lowest BCUT2D eigenvalue weighted by Gasteiger charge is -2.20. The number of phenolic OH excluding ortho intramolecular Hbond substituents is 1. The molecule has 3 aromatic carbocycles. The molecular formula is C39H47N3O4. The molecule has 0 unspecified atom stereocenters. The Balaban J connectivity index is 1.65. The summed E-state index contributed by atoms with van der Waals surface area (Å²) in [6.07, 6.45) is 14.0. The monoisotopic (exact) mass is 621 g/mol. The van der Waals surface area contributed by atoms with Gasteiger partial charge in [-0.2, -0.15) is 0 Å². The summed E-state index contributed by atoms with van der Waals surface area (Å²) in [5.41, 5.74) is 3.75. The van der Waals surface area contributed by atoms with E-state index in [1.54, 1.807) is 30.3 Å². The minimum Gasteiger partial charge on any atom is -0.508 e. The lowest BCUT2D eigenvalue weighted by Crippen LogP contribution is -2.48. The molecule has 0 fully saturated rings. The number of benzene rings is 3. The molecule has 0 radical (unpaired) electrons. The molecule has 1 aliphatic heterocycles. The second-order valence-electron chi connectivity index (χ2n) is 11.9. The van der Waals surface area contributed by atoms with Gasteiger partial charge >= 0.3 is 0 Å². The highest BCUT2D eigenvalue weighted by molar-refractivity contribution is 6.20. The number of allylic oxidation sites excluding steroid dienone is 2. The smallest absolute Gasteiger partial charge is 0.252 e. The van der Waals surface area contributed by atoms with Gasteiger partial charge in [-0.1, -0.05) is 124 Å².